The second-order valence-corrected chi connectivity index (χ2v) is 10.4. The number of aryl methyl sites for hydroxylation is 1. The number of halogens is 1. The SMILES string of the molecule is Cc1ccc(OC[C@H]2c3ccsc3CCN2C(=O)CN(C(=O)c2cccc(Cl)c2)C2CC2)cc1. The first-order valence-corrected chi connectivity index (χ1v) is 12.9. The summed E-state index contributed by atoms with van der Waals surface area (Å²) in [6, 6.07) is 16.9. The van der Waals surface area contributed by atoms with Crippen LogP contribution in [0.4, 0.5) is 0 Å². The fraction of sp³-hybridized carbons (Fsp3) is 0.333. The van der Waals surface area contributed by atoms with E-state index in [1.54, 1.807) is 40.5 Å². The van der Waals surface area contributed by atoms with Crippen LogP contribution >= 0.6 is 22.9 Å². The lowest BCUT2D eigenvalue weighted by molar-refractivity contribution is -0.135. The quantitative estimate of drug-likeness (QED) is 0.434. The van der Waals surface area contributed by atoms with Gasteiger partial charge in [-0.25, -0.2) is 0 Å². The summed E-state index contributed by atoms with van der Waals surface area (Å²) in [6.07, 6.45) is 2.67. The molecule has 0 bridgehead atoms. The molecule has 1 aromatic heterocycles. The minimum Gasteiger partial charge on any atom is -0.491 e. The van der Waals surface area contributed by atoms with E-state index >= 15 is 0 Å². The summed E-state index contributed by atoms with van der Waals surface area (Å²) in [6.45, 7) is 3.11. The molecular formula is C27H27ClN2O3S. The molecule has 0 saturated heterocycles. The number of rotatable bonds is 7. The van der Waals surface area contributed by atoms with Gasteiger partial charge in [0.25, 0.3) is 5.91 Å². The second-order valence-electron chi connectivity index (χ2n) is 8.95. The highest BCUT2D eigenvalue weighted by molar-refractivity contribution is 7.10. The second kappa shape index (κ2) is 9.80. The Kier molecular flexibility index (Phi) is 6.61. The van der Waals surface area contributed by atoms with Crippen molar-refractivity contribution in [2.75, 3.05) is 19.7 Å². The summed E-state index contributed by atoms with van der Waals surface area (Å²) in [5.74, 6) is 0.603. The van der Waals surface area contributed by atoms with Crippen molar-refractivity contribution in [3.05, 3.63) is 86.6 Å². The van der Waals surface area contributed by atoms with E-state index in [1.807, 2.05) is 36.1 Å². The molecule has 5 rings (SSSR count). The molecule has 0 radical (unpaired) electrons. The van der Waals surface area contributed by atoms with Crippen LogP contribution < -0.4 is 4.74 Å². The van der Waals surface area contributed by atoms with E-state index in [9.17, 15) is 9.59 Å². The molecule has 1 aliphatic heterocycles. The summed E-state index contributed by atoms with van der Waals surface area (Å²) >= 11 is 7.84. The van der Waals surface area contributed by atoms with Gasteiger partial charge < -0.3 is 14.5 Å². The van der Waals surface area contributed by atoms with Gasteiger partial charge in [0.05, 0.1) is 6.04 Å². The van der Waals surface area contributed by atoms with Crippen LogP contribution in [0.2, 0.25) is 5.02 Å². The van der Waals surface area contributed by atoms with Gasteiger partial charge in [0.1, 0.15) is 18.9 Å². The lowest BCUT2D eigenvalue weighted by Gasteiger charge is -2.37. The van der Waals surface area contributed by atoms with E-state index in [4.69, 9.17) is 16.3 Å². The highest BCUT2D eigenvalue weighted by Crippen LogP contribution is 2.35. The molecule has 2 heterocycles. The lowest BCUT2D eigenvalue weighted by atomic mass is 10.0. The minimum absolute atomic E-state index is 0.0448. The third-order valence-corrected chi connectivity index (χ3v) is 7.70. The smallest absolute Gasteiger partial charge is 0.254 e. The Balaban J connectivity index is 1.34. The van der Waals surface area contributed by atoms with Gasteiger partial charge in [-0.3, -0.25) is 9.59 Å². The molecule has 1 saturated carbocycles. The molecule has 1 atom stereocenters. The van der Waals surface area contributed by atoms with Gasteiger partial charge in [-0.15, -0.1) is 11.3 Å². The number of thiophene rings is 1. The van der Waals surface area contributed by atoms with Gasteiger partial charge >= 0.3 is 0 Å². The van der Waals surface area contributed by atoms with Crippen molar-refractivity contribution < 1.29 is 14.3 Å². The third-order valence-electron chi connectivity index (χ3n) is 6.47. The molecule has 34 heavy (non-hydrogen) atoms. The minimum atomic E-state index is -0.175. The maximum Gasteiger partial charge on any atom is 0.254 e. The van der Waals surface area contributed by atoms with Crippen LogP contribution in [0.1, 0.15) is 45.2 Å². The number of hydrogen-bond acceptors (Lipinski definition) is 4. The summed E-state index contributed by atoms with van der Waals surface area (Å²) in [5, 5.41) is 2.60. The van der Waals surface area contributed by atoms with Gasteiger partial charge in [-0.2, -0.15) is 0 Å². The Bertz CT molecular complexity index is 1190. The van der Waals surface area contributed by atoms with Crippen LogP contribution in [0.15, 0.2) is 60.0 Å². The van der Waals surface area contributed by atoms with Crippen molar-refractivity contribution in [2.24, 2.45) is 0 Å². The summed E-state index contributed by atoms with van der Waals surface area (Å²) in [5.41, 5.74) is 2.84. The summed E-state index contributed by atoms with van der Waals surface area (Å²) in [4.78, 5) is 31.8. The molecule has 2 aromatic carbocycles. The third kappa shape index (κ3) is 4.98. The molecular weight excluding hydrogens is 468 g/mol. The molecule has 1 aliphatic carbocycles. The van der Waals surface area contributed by atoms with Crippen molar-refractivity contribution in [3.8, 4) is 5.75 Å². The Labute approximate surface area is 208 Å². The fourth-order valence-corrected chi connectivity index (χ4v) is 5.58. The highest BCUT2D eigenvalue weighted by Gasteiger charge is 2.38. The Hall–Kier alpha value is -2.83. The monoisotopic (exact) mass is 494 g/mol. The lowest BCUT2D eigenvalue weighted by Crippen LogP contribution is -2.48. The van der Waals surface area contributed by atoms with Crippen LogP contribution in [-0.2, 0) is 11.2 Å². The van der Waals surface area contributed by atoms with Gasteiger partial charge in [-0.1, -0.05) is 35.4 Å². The maximum atomic E-state index is 13.6. The molecule has 0 spiro atoms. The van der Waals surface area contributed by atoms with E-state index in [0.717, 1.165) is 30.6 Å². The molecule has 7 heteroatoms. The van der Waals surface area contributed by atoms with Gasteiger partial charge in [0, 0.05) is 28.0 Å². The number of benzene rings is 2. The molecule has 2 amide bonds. The van der Waals surface area contributed by atoms with Crippen LogP contribution in [-0.4, -0.2) is 47.4 Å². The molecule has 2 aliphatic rings. The predicted octanol–water partition coefficient (Wildman–Crippen LogP) is 5.52. The van der Waals surface area contributed by atoms with E-state index in [1.165, 1.54) is 10.4 Å². The zero-order chi connectivity index (χ0) is 23.7. The van der Waals surface area contributed by atoms with E-state index in [2.05, 4.69) is 11.4 Å². The van der Waals surface area contributed by atoms with Crippen LogP contribution in [0.5, 0.6) is 5.75 Å². The zero-order valence-electron chi connectivity index (χ0n) is 19.1. The summed E-state index contributed by atoms with van der Waals surface area (Å²) < 4.78 is 6.12. The van der Waals surface area contributed by atoms with Crippen LogP contribution in [0.3, 0.4) is 0 Å². The molecule has 3 aromatic rings. The first kappa shape index (κ1) is 22.9. The van der Waals surface area contributed by atoms with Gasteiger partial charge in [-0.05, 0) is 73.5 Å². The Morgan fingerprint density at radius 3 is 2.68 bits per heavy atom. The fourth-order valence-electron chi connectivity index (χ4n) is 4.46. The first-order valence-electron chi connectivity index (χ1n) is 11.6. The average Bonchev–Trinajstić information content (AvgIpc) is 3.57. The number of carbonyl (C=O) groups excluding carboxylic acids is 2. The van der Waals surface area contributed by atoms with Crippen molar-refractivity contribution in [1.82, 2.24) is 9.80 Å². The Morgan fingerprint density at radius 2 is 1.94 bits per heavy atom. The number of hydrogen-bond donors (Lipinski definition) is 0. The van der Waals surface area contributed by atoms with Crippen molar-refractivity contribution in [2.45, 2.75) is 38.3 Å². The molecule has 176 valence electrons. The molecule has 1 fully saturated rings. The highest BCUT2D eigenvalue weighted by atomic mass is 35.5. The standard InChI is InChI=1S/C27H27ClN2O3S/c1-18-5-9-22(10-6-18)33-17-24-23-12-14-34-25(23)11-13-29(24)26(31)16-30(21-7-8-21)27(32)19-3-2-4-20(28)15-19/h2-6,9-10,12,14-15,21,24H,7-8,11,13,16-17H2,1H3/t24-/m0/s1. The average molecular weight is 495 g/mol. The summed E-state index contributed by atoms with van der Waals surface area (Å²) in [7, 11) is 0. The Morgan fingerprint density at radius 1 is 1.15 bits per heavy atom. The molecule has 0 unspecified atom stereocenters. The maximum absolute atomic E-state index is 13.6. The number of ether oxygens (including phenoxy) is 1. The molecule has 0 N–H and O–H groups in total. The van der Waals surface area contributed by atoms with Crippen molar-refractivity contribution >= 4 is 34.8 Å². The first-order chi connectivity index (χ1) is 16.5. The van der Waals surface area contributed by atoms with Crippen LogP contribution in [0, 0.1) is 6.92 Å². The normalized spacial score (nSPS) is 17.2. The molecule has 5 nitrogen and oxygen atoms in total. The number of amides is 2. The largest absolute Gasteiger partial charge is 0.491 e. The number of nitrogens with zero attached hydrogens (tertiary/aromatic N) is 2. The van der Waals surface area contributed by atoms with E-state index in [-0.39, 0.29) is 30.4 Å². The van der Waals surface area contributed by atoms with Gasteiger partial charge in [0.2, 0.25) is 5.91 Å². The van der Waals surface area contributed by atoms with Crippen molar-refractivity contribution in [1.29, 1.82) is 0 Å². The van der Waals surface area contributed by atoms with Crippen molar-refractivity contribution in [3.63, 3.8) is 0 Å². The zero-order valence-corrected chi connectivity index (χ0v) is 20.6. The van der Waals surface area contributed by atoms with Gasteiger partial charge in [0.15, 0.2) is 0 Å². The predicted molar refractivity (Wildman–Crippen MR) is 135 cm³/mol. The van der Waals surface area contributed by atoms with E-state index < -0.39 is 0 Å². The number of fused-ring (bicyclic) bond motifs is 1. The topological polar surface area (TPSA) is 49.9 Å². The van der Waals surface area contributed by atoms with Crippen LogP contribution in [0.25, 0.3) is 0 Å². The number of carbonyl (C=O) groups is 2. The van der Waals surface area contributed by atoms with E-state index in [0.29, 0.717) is 23.7 Å².